The Balaban J connectivity index is 1.02. The highest BCUT2D eigenvalue weighted by molar-refractivity contribution is 7.24. The van der Waals surface area contributed by atoms with Crippen LogP contribution < -0.4 is 10.6 Å². The summed E-state index contributed by atoms with van der Waals surface area (Å²) in [6.45, 7) is 9.69. The number of nitrogens with one attached hydrogen (secondary N) is 4. The van der Waals surface area contributed by atoms with E-state index in [-0.39, 0.29) is 22.6 Å². The molecule has 0 aromatic carbocycles. The molecule has 2 aliphatic rings. The van der Waals surface area contributed by atoms with Gasteiger partial charge in [0, 0.05) is 49.2 Å². The van der Waals surface area contributed by atoms with E-state index in [0.717, 1.165) is 94.2 Å². The molecule has 2 amide bonds. The van der Waals surface area contributed by atoms with Gasteiger partial charge in [0.25, 0.3) is 0 Å². The number of carbonyl (C=O) groups excluding carboxylic acids is 2. The minimum absolute atomic E-state index is 0.0963. The minimum Gasteiger partial charge on any atom is -0.356 e. The summed E-state index contributed by atoms with van der Waals surface area (Å²) in [5.41, 5.74) is 2.08. The molecule has 0 unspecified atom stereocenters. The Labute approximate surface area is 279 Å². The molecule has 0 radical (unpaired) electrons. The first kappa shape index (κ1) is 32.6. The molecule has 4 N–H and O–H groups in total. The number of thiazole rings is 2. The van der Waals surface area contributed by atoms with Crippen molar-refractivity contribution in [3.63, 3.8) is 0 Å². The summed E-state index contributed by atoms with van der Waals surface area (Å²) in [4.78, 5) is 52.2. The maximum Gasteiger partial charge on any atom is 0.220 e. The summed E-state index contributed by atoms with van der Waals surface area (Å²) in [5, 5.41) is 7.94. The average Bonchev–Trinajstić information content (AvgIpc) is 3.56. The van der Waals surface area contributed by atoms with Gasteiger partial charge < -0.3 is 20.6 Å². The maximum absolute atomic E-state index is 12.0. The maximum atomic E-state index is 12.0. The van der Waals surface area contributed by atoms with Crippen LogP contribution in [0.2, 0.25) is 0 Å². The molecule has 4 aromatic rings. The second-order valence-corrected chi connectivity index (χ2v) is 16.1. The number of amides is 2. The number of H-pyrrole nitrogens is 2. The summed E-state index contributed by atoms with van der Waals surface area (Å²) >= 11 is 3.28. The Morgan fingerprint density at radius 2 is 1.11 bits per heavy atom. The molecule has 246 valence electrons. The molecule has 10 nitrogen and oxygen atoms in total. The predicted molar refractivity (Wildman–Crippen MR) is 184 cm³/mol. The summed E-state index contributed by atoms with van der Waals surface area (Å²) < 4.78 is 0. The molecule has 12 heteroatoms. The van der Waals surface area contributed by atoms with Crippen molar-refractivity contribution in [2.24, 2.45) is 11.8 Å². The van der Waals surface area contributed by atoms with Crippen molar-refractivity contribution in [2.75, 3.05) is 13.1 Å². The molecule has 2 aliphatic carbocycles. The molecular weight excluding hydrogens is 617 g/mol. The molecule has 0 atom stereocenters. The monoisotopic (exact) mass is 662 g/mol. The standard InChI is InChI=1S/C34H46N8O2S2/c1-21(2)15-27(43)35-13-5-7-33(9-10-33)31-39-17-23(41-31)29-37-19-25(45-29)26-20-38-30(46-26)24-18-40-32(42-24)34(11-12-34)8-6-14-36-28(44)16-22(3)4/h17-22H,5-16H2,1-4H3,(H,35,43)(H,36,44)(H,39,41)(H,40,42). The molecular formula is C34H46N8O2S2. The van der Waals surface area contributed by atoms with E-state index in [4.69, 9.17) is 19.9 Å². The van der Waals surface area contributed by atoms with Gasteiger partial charge in [0.1, 0.15) is 21.7 Å². The normalized spacial score (nSPS) is 16.2. The lowest BCUT2D eigenvalue weighted by Gasteiger charge is -2.13. The van der Waals surface area contributed by atoms with Crippen molar-refractivity contribution >= 4 is 34.5 Å². The zero-order valence-corrected chi connectivity index (χ0v) is 29.0. The smallest absolute Gasteiger partial charge is 0.220 e. The third-order valence-corrected chi connectivity index (χ3v) is 11.3. The van der Waals surface area contributed by atoms with Crippen LogP contribution in [0.15, 0.2) is 24.8 Å². The highest BCUT2D eigenvalue weighted by Crippen LogP contribution is 2.52. The Morgan fingerprint density at radius 3 is 1.48 bits per heavy atom. The molecule has 6 rings (SSSR count). The second-order valence-electron chi connectivity index (χ2n) is 14.0. The molecule has 0 bridgehead atoms. The Bertz CT molecular complexity index is 1520. The molecule has 2 saturated carbocycles. The van der Waals surface area contributed by atoms with Gasteiger partial charge in [-0.25, -0.2) is 19.9 Å². The third-order valence-electron chi connectivity index (χ3n) is 9.07. The van der Waals surface area contributed by atoms with Gasteiger partial charge in [0.2, 0.25) is 11.8 Å². The number of carbonyl (C=O) groups is 2. The van der Waals surface area contributed by atoms with E-state index in [1.165, 1.54) is 0 Å². The van der Waals surface area contributed by atoms with Crippen LogP contribution in [0.4, 0.5) is 0 Å². The van der Waals surface area contributed by atoms with Crippen LogP contribution in [0, 0.1) is 11.8 Å². The Morgan fingerprint density at radius 1 is 0.696 bits per heavy atom. The van der Waals surface area contributed by atoms with Gasteiger partial charge in [-0.05, 0) is 63.2 Å². The number of aromatic nitrogens is 6. The van der Waals surface area contributed by atoms with Crippen molar-refractivity contribution in [1.82, 2.24) is 40.5 Å². The number of nitrogens with zero attached hydrogens (tertiary/aromatic N) is 4. The molecule has 0 spiro atoms. The zero-order valence-electron chi connectivity index (χ0n) is 27.4. The van der Waals surface area contributed by atoms with E-state index < -0.39 is 0 Å². The van der Waals surface area contributed by atoms with E-state index in [1.807, 2.05) is 24.8 Å². The van der Waals surface area contributed by atoms with Crippen molar-refractivity contribution in [1.29, 1.82) is 0 Å². The topological polar surface area (TPSA) is 141 Å². The van der Waals surface area contributed by atoms with Gasteiger partial charge in [-0.1, -0.05) is 27.7 Å². The SMILES string of the molecule is CC(C)CC(=O)NCCCC1(c2ncc(-c3ncc(-c4cnc(-c5cnc(C6(CCCNC(=O)CC(C)C)CC6)[nH]5)s4)s3)[nH]2)CC1. The molecule has 0 aliphatic heterocycles. The van der Waals surface area contributed by atoms with Crippen molar-refractivity contribution in [3.8, 4) is 31.2 Å². The highest BCUT2D eigenvalue weighted by Gasteiger charge is 2.47. The van der Waals surface area contributed by atoms with Crippen molar-refractivity contribution < 1.29 is 9.59 Å². The third kappa shape index (κ3) is 7.76. The minimum atomic E-state index is 0.0963. The number of rotatable bonds is 17. The van der Waals surface area contributed by atoms with Gasteiger partial charge in [0.15, 0.2) is 0 Å². The lowest BCUT2D eigenvalue weighted by atomic mass is 9.99. The first-order valence-corrected chi connectivity index (χ1v) is 18.4. The summed E-state index contributed by atoms with van der Waals surface area (Å²) in [6.07, 6.45) is 17.2. The van der Waals surface area contributed by atoms with Crippen LogP contribution in [0.5, 0.6) is 0 Å². The van der Waals surface area contributed by atoms with E-state index in [1.54, 1.807) is 22.7 Å². The Kier molecular flexibility index (Phi) is 9.75. The fraction of sp³-hybridized carbons (Fsp3) is 0.588. The quantitative estimate of drug-likeness (QED) is 0.0898. The number of hydrogen-bond donors (Lipinski definition) is 4. The van der Waals surface area contributed by atoms with Crippen LogP contribution in [0.3, 0.4) is 0 Å². The van der Waals surface area contributed by atoms with Crippen LogP contribution >= 0.6 is 22.7 Å². The molecule has 4 heterocycles. The van der Waals surface area contributed by atoms with Gasteiger partial charge in [0.05, 0.1) is 33.5 Å². The lowest BCUT2D eigenvalue weighted by molar-refractivity contribution is -0.122. The summed E-state index contributed by atoms with van der Waals surface area (Å²) in [7, 11) is 0. The summed E-state index contributed by atoms with van der Waals surface area (Å²) in [6, 6.07) is 0. The first-order chi connectivity index (χ1) is 22.1. The Hall–Kier alpha value is -3.38. The number of aromatic amines is 2. The van der Waals surface area contributed by atoms with Gasteiger partial charge in [-0.15, -0.1) is 22.7 Å². The van der Waals surface area contributed by atoms with Crippen molar-refractivity contribution in [3.05, 3.63) is 36.4 Å². The van der Waals surface area contributed by atoms with Crippen LogP contribution in [-0.2, 0) is 20.4 Å². The molecule has 46 heavy (non-hydrogen) atoms. The lowest BCUT2D eigenvalue weighted by Crippen LogP contribution is -2.26. The van der Waals surface area contributed by atoms with Gasteiger partial charge in [-0.2, -0.15) is 0 Å². The fourth-order valence-corrected chi connectivity index (χ4v) is 7.95. The molecule has 2 fully saturated rings. The molecule has 4 aromatic heterocycles. The van der Waals surface area contributed by atoms with Crippen LogP contribution in [0.1, 0.15) is 104 Å². The average molecular weight is 663 g/mol. The van der Waals surface area contributed by atoms with Gasteiger partial charge >= 0.3 is 0 Å². The van der Waals surface area contributed by atoms with E-state index in [9.17, 15) is 9.59 Å². The molecule has 0 saturated heterocycles. The zero-order chi connectivity index (χ0) is 32.3. The fourth-order valence-electron chi connectivity index (χ4n) is 6.13. The van der Waals surface area contributed by atoms with Gasteiger partial charge in [-0.3, -0.25) is 9.59 Å². The predicted octanol–water partition coefficient (Wildman–Crippen LogP) is 7.00. The summed E-state index contributed by atoms with van der Waals surface area (Å²) in [5.74, 6) is 3.10. The first-order valence-electron chi connectivity index (χ1n) is 16.7. The number of hydrogen-bond acceptors (Lipinski definition) is 8. The largest absolute Gasteiger partial charge is 0.356 e. The van der Waals surface area contributed by atoms with E-state index in [2.05, 4.69) is 48.3 Å². The van der Waals surface area contributed by atoms with E-state index in [0.29, 0.717) is 37.8 Å². The van der Waals surface area contributed by atoms with Crippen LogP contribution in [-0.4, -0.2) is 54.8 Å². The van der Waals surface area contributed by atoms with Crippen LogP contribution in [0.25, 0.3) is 31.2 Å². The highest BCUT2D eigenvalue weighted by atomic mass is 32.1. The van der Waals surface area contributed by atoms with E-state index >= 15 is 0 Å². The van der Waals surface area contributed by atoms with Crippen molar-refractivity contribution in [2.45, 2.75) is 103 Å². The number of imidazole rings is 2. The second kappa shape index (κ2) is 13.8.